The maximum Gasteiger partial charge on any atom is 0.0496 e. The molecule has 0 bridgehead atoms. The normalized spacial score (nSPS) is 19.4. The third kappa shape index (κ3) is 2.58. The third-order valence-corrected chi connectivity index (χ3v) is 4.17. The zero-order valence-electron chi connectivity index (χ0n) is 9.51. The molecule has 0 unspecified atom stereocenters. The number of hydrogen-bond acceptors (Lipinski definition) is 2. The van der Waals surface area contributed by atoms with Gasteiger partial charge in [-0.15, -0.1) is 0 Å². The van der Waals surface area contributed by atoms with Gasteiger partial charge in [-0.25, -0.2) is 0 Å². The first-order valence-electron chi connectivity index (χ1n) is 5.99. The van der Waals surface area contributed by atoms with Crippen molar-refractivity contribution < 1.29 is 0 Å². The van der Waals surface area contributed by atoms with Crippen molar-refractivity contribution in [3.8, 4) is 0 Å². The zero-order chi connectivity index (χ0) is 11.4. The maximum atomic E-state index is 5.96. The molecule has 2 rings (SSSR count). The number of hydrogen-bond donors (Lipinski definition) is 2. The van der Waals surface area contributed by atoms with E-state index >= 15 is 0 Å². The summed E-state index contributed by atoms with van der Waals surface area (Å²) in [6, 6.07) is 8.26. The molecule has 1 aliphatic carbocycles. The summed E-state index contributed by atoms with van der Waals surface area (Å²) in [5.74, 6) is 0. The number of halogens is 1. The van der Waals surface area contributed by atoms with Crippen molar-refractivity contribution in [3.63, 3.8) is 0 Å². The van der Waals surface area contributed by atoms with E-state index in [1.807, 2.05) is 6.07 Å². The van der Waals surface area contributed by atoms with Crippen molar-refractivity contribution in [3.05, 3.63) is 28.7 Å². The van der Waals surface area contributed by atoms with Gasteiger partial charge < -0.3 is 11.1 Å². The summed E-state index contributed by atoms with van der Waals surface area (Å²) in [5.41, 5.74) is 7.23. The van der Waals surface area contributed by atoms with E-state index in [2.05, 4.69) is 39.4 Å². The van der Waals surface area contributed by atoms with Crippen LogP contribution in [0, 0.1) is 0 Å². The average Bonchev–Trinajstić information content (AvgIpc) is 2.33. The predicted octanol–water partition coefficient (Wildman–Crippen LogP) is 3.52. The van der Waals surface area contributed by atoms with Crippen LogP contribution in [0.3, 0.4) is 0 Å². The lowest BCUT2D eigenvalue weighted by Gasteiger charge is -2.38. The van der Waals surface area contributed by atoms with E-state index in [0.717, 1.165) is 10.2 Å². The van der Waals surface area contributed by atoms with Gasteiger partial charge >= 0.3 is 0 Å². The Kier molecular flexibility index (Phi) is 3.87. The van der Waals surface area contributed by atoms with Crippen molar-refractivity contribution in [1.82, 2.24) is 0 Å². The molecule has 1 aromatic rings. The monoisotopic (exact) mass is 282 g/mol. The zero-order valence-corrected chi connectivity index (χ0v) is 11.1. The lowest BCUT2D eigenvalue weighted by molar-refractivity contribution is 0.331. The van der Waals surface area contributed by atoms with Crippen LogP contribution < -0.4 is 11.1 Å². The molecule has 0 aromatic heterocycles. The summed E-state index contributed by atoms with van der Waals surface area (Å²) in [4.78, 5) is 0. The number of nitrogens with one attached hydrogen (secondary N) is 1. The van der Waals surface area contributed by atoms with Gasteiger partial charge in [0.05, 0.1) is 0 Å². The lowest BCUT2D eigenvalue weighted by Crippen LogP contribution is -2.47. The van der Waals surface area contributed by atoms with Crippen molar-refractivity contribution in [1.29, 1.82) is 0 Å². The van der Waals surface area contributed by atoms with Crippen LogP contribution in [0.25, 0.3) is 0 Å². The first-order chi connectivity index (χ1) is 7.76. The highest BCUT2D eigenvalue weighted by Crippen LogP contribution is 2.33. The predicted molar refractivity (Wildman–Crippen MR) is 72.6 cm³/mol. The van der Waals surface area contributed by atoms with Crippen LogP contribution >= 0.6 is 15.9 Å². The van der Waals surface area contributed by atoms with Gasteiger partial charge in [-0.05, 0) is 40.9 Å². The van der Waals surface area contributed by atoms with E-state index in [-0.39, 0.29) is 5.54 Å². The van der Waals surface area contributed by atoms with E-state index < -0.39 is 0 Å². The number of rotatable bonds is 3. The average molecular weight is 283 g/mol. The molecule has 1 fully saturated rings. The van der Waals surface area contributed by atoms with Crippen LogP contribution in [0.1, 0.15) is 32.1 Å². The molecule has 2 nitrogen and oxygen atoms in total. The highest BCUT2D eigenvalue weighted by Gasteiger charge is 2.30. The molecule has 0 saturated heterocycles. The first kappa shape index (κ1) is 11.9. The second-order valence-corrected chi connectivity index (χ2v) is 5.50. The standard InChI is InChI=1S/C13H19BrN2/c14-11-6-2-3-7-12(11)16-13(10-15)8-4-1-5-9-13/h2-3,6-7,16H,1,4-5,8-10,15H2. The van der Waals surface area contributed by atoms with E-state index in [1.165, 1.54) is 32.1 Å². The highest BCUT2D eigenvalue weighted by atomic mass is 79.9. The van der Waals surface area contributed by atoms with Gasteiger partial charge in [-0.3, -0.25) is 0 Å². The highest BCUT2D eigenvalue weighted by molar-refractivity contribution is 9.10. The molecule has 1 aromatic carbocycles. The van der Waals surface area contributed by atoms with Crippen LogP contribution in [0.15, 0.2) is 28.7 Å². The smallest absolute Gasteiger partial charge is 0.0496 e. The topological polar surface area (TPSA) is 38.0 Å². The lowest BCUT2D eigenvalue weighted by atomic mass is 9.81. The van der Waals surface area contributed by atoms with E-state index in [0.29, 0.717) is 6.54 Å². The summed E-state index contributed by atoms with van der Waals surface area (Å²) in [5, 5.41) is 3.64. The summed E-state index contributed by atoms with van der Waals surface area (Å²) in [7, 11) is 0. The fourth-order valence-corrected chi connectivity index (χ4v) is 2.84. The van der Waals surface area contributed by atoms with E-state index in [4.69, 9.17) is 5.73 Å². The number of benzene rings is 1. The van der Waals surface area contributed by atoms with Crippen molar-refractivity contribution in [2.75, 3.05) is 11.9 Å². The van der Waals surface area contributed by atoms with Gasteiger partial charge in [0.2, 0.25) is 0 Å². The van der Waals surface area contributed by atoms with Gasteiger partial charge in [-0.1, -0.05) is 31.4 Å². The molecular weight excluding hydrogens is 264 g/mol. The molecule has 3 N–H and O–H groups in total. The molecule has 88 valence electrons. The van der Waals surface area contributed by atoms with Crippen molar-refractivity contribution >= 4 is 21.6 Å². The Morgan fingerprint density at radius 3 is 2.50 bits per heavy atom. The molecule has 0 spiro atoms. The van der Waals surface area contributed by atoms with Gasteiger partial charge in [-0.2, -0.15) is 0 Å². The van der Waals surface area contributed by atoms with Crippen LogP contribution in [-0.4, -0.2) is 12.1 Å². The van der Waals surface area contributed by atoms with Crippen LogP contribution in [0.4, 0.5) is 5.69 Å². The third-order valence-electron chi connectivity index (χ3n) is 3.48. The Labute approximate surface area is 106 Å². The molecular formula is C13H19BrN2. The second-order valence-electron chi connectivity index (χ2n) is 4.65. The van der Waals surface area contributed by atoms with Gasteiger partial charge in [0.25, 0.3) is 0 Å². The molecule has 0 radical (unpaired) electrons. The fraction of sp³-hybridized carbons (Fsp3) is 0.538. The Morgan fingerprint density at radius 2 is 1.88 bits per heavy atom. The second kappa shape index (κ2) is 5.19. The first-order valence-corrected chi connectivity index (χ1v) is 6.78. The fourth-order valence-electron chi connectivity index (χ4n) is 2.46. The minimum absolute atomic E-state index is 0.113. The molecule has 16 heavy (non-hydrogen) atoms. The van der Waals surface area contributed by atoms with Gasteiger partial charge in [0.15, 0.2) is 0 Å². The number of para-hydroxylation sites is 1. The molecule has 0 amide bonds. The Balaban J connectivity index is 2.15. The van der Waals surface area contributed by atoms with E-state index in [9.17, 15) is 0 Å². The summed E-state index contributed by atoms with van der Waals surface area (Å²) < 4.78 is 1.12. The Bertz CT molecular complexity index is 346. The van der Waals surface area contributed by atoms with Crippen LogP contribution in [-0.2, 0) is 0 Å². The van der Waals surface area contributed by atoms with Crippen LogP contribution in [0.5, 0.6) is 0 Å². The number of nitrogens with two attached hydrogens (primary N) is 1. The van der Waals surface area contributed by atoms with Crippen molar-refractivity contribution in [2.45, 2.75) is 37.6 Å². The van der Waals surface area contributed by atoms with Gasteiger partial charge in [0.1, 0.15) is 0 Å². The Morgan fingerprint density at radius 1 is 1.19 bits per heavy atom. The van der Waals surface area contributed by atoms with Crippen LogP contribution in [0.2, 0.25) is 0 Å². The molecule has 0 heterocycles. The summed E-state index contributed by atoms with van der Waals surface area (Å²) in [6.45, 7) is 0.717. The minimum atomic E-state index is 0.113. The maximum absolute atomic E-state index is 5.96. The van der Waals surface area contributed by atoms with Crippen molar-refractivity contribution in [2.24, 2.45) is 5.73 Å². The largest absolute Gasteiger partial charge is 0.377 e. The summed E-state index contributed by atoms with van der Waals surface area (Å²) >= 11 is 3.57. The SMILES string of the molecule is NCC1(Nc2ccccc2Br)CCCCC1. The summed E-state index contributed by atoms with van der Waals surface area (Å²) in [6.07, 6.45) is 6.29. The molecule has 1 saturated carbocycles. The molecule has 3 heteroatoms. The number of anilines is 1. The molecule has 0 aliphatic heterocycles. The Hall–Kier alpha value is -0.540. The molecule has 1 aliphatic rings. The minimum Gasteiger partial charge on any atom is -0.377 e. The van der Waals surface area contributed by atoms with Gasteiger partial charge in [0, 0.05) is 22.2 Å². The quantitative estimate of drug-likeness (QED) is 0.890. The molecule has 0 atom stereocenters. The van der Waals surface area contributed by atoms with E-state index in [1.54, 1.807) is 0 Å².